The van der Waals surface area contributed by atoms with Crippen molar-refractivity contribution in [3.8, 4) is 11.6 Å². The maximum absolute atomic E-state index is 11.3. The number of hydrogen-bond donors (Lipinski definition) is 3. The van der Waals surface area contributed by atoms with E-state index in [0.717, 1.165) is 22.3 Å². The highest BCUT2D eigenvalue weighted by molar-refractivity contribution is 6.07. The second kappa shape index (κ2) is 4.76. The number of hydrazone groups is 1. The molecule has 0 radical (unpaired) electrons. The van der Waals surface area contributed by atoms with Crippen molar-refractivity contribution >= 4 is 22.7 Å². The van der Waals surface area contributed by atoms with Crippen molar-refractivity contribution in [1.82, 2.24) is 30.6 Å². The summed E-state index contributed by atoms with van der Waals surface area (Å²) in [5.41, 5.74) is 6.10. The molecule has 2 aromatic heterocycles. The normalized spacial score (nSPS) is 18.3. The number of nitrogens with zero attached hydrogens (tertiary/aromatic N) is 4. The van der Waals surface area contributed by atoms with Gasteiger partial charge < -0.3 is 4.98 Å². The summed E-state index contributed by atoms with van der Waals surface area (Å²) < 4.78 is 0. The number of benzene rings is 1. The summed E-state index contributed by atoms with van der Waals surface area (Å²) in [4.78, 5) is 23.1. The zero-order valence-corrected chi connectivity index (χ0v) is 11.8. The minimum Gasteiger partial charge on any atom is -0.335 e. The molecule has 8 heteroatoms. The van der Waals surface area contributed by atoms with Crippen molar-refractivity contribution in [2.24, 2.45) is 11.0 Å². The number of fused-ring (bicyclic) bond motifs is 1. The van der Waals surface area contributed by atoms with Crippen molar-refractivity contribution in [3.05, 3.63) is 30.1 Å². The first kappa shape index (κ1) is 12.7. The Morgan fingerprint density at radius 3 is 2.95 bits per heavy atom. The first-order chi connectivity index (χ1) is 10.7. The van der Waals surface area contributed by atoms with E-state index in [1.165, 1.54) is 6.33 Å². The Labute approximate surface area is 125 Å². The highest BCUT2D eigenvalue weighted by atomic mass is 16.2. The Balaban J connectivity index is 1.76. The Morgan fingerprint density at radius 2 is 2.18 bits per heavy atom. The molecule has 0 spiro atoms. The maximum atomic E-state index is 11.3. The van der Waals surface area contributed by atoms with Crippen LogP contribution >= 0.6 is 0 Å². The molecule has 22 heavy (non-hydrogen) atoms. The van der Waals surface area contributed by atoms with Crippen LogP contribution in [0.1, 0.15) is 18.9 Å². The largest absolute Gasteiger partial charge is 0.335 e. The van der Waals surface area contributed by atoms with Crippen LogP contribution in [-0.4, -0.2) is 36.8 Å². The van der Waals surface area contributed by atoms with Gasteiger partial charge in [0.1, 0.15) is 6.33 Å². The lowest BCUT2D eigenvalue weighted by molar-refractivity contribution is -0.121. The smallest absolute Gasteiger partial charge is 0.240 e. The van der Waals surface area contributed by atoms with Crippen molar-refractivity contribution in [3.63, 3.8) is 0 Å². The molecule has 3 heterocycles. The molecule has 1 aliphatic rings. The van der Waals surface area contributed by atoms with Gasteiger partial charge in [-0.25, -0.2) is 15.4 Å². The van der Waals surface area contributed by atoms with E-state index >= 15 is 0 Å². The van der Waals surface area contributed by atoms with Gasteiger partial charge >= 0.3 is 0 Å². The summed E-state index contributed by atoms with van der Waals surface area (Å²) in [7, 11) is 0. The van der Waals surface area contributed by atoms with Crippen LogP contribution in [0.5, 0.6) is 0 Å². The number of imidazole rings is 1. The van der Waals surface area contributed by atoms with E-state index < -0.39 is 0 Å². The van der Waals surface area contributed by atoms with Gasteiger partial charge in [0, 0.05) is 17.9 Å². The fraction of sp³-hybridized carbons (Fsp3) is 0.214. The molecule has 1 atom stereocenters. The van der Waals surface area contributed by atoms with Crippen LogP contribution < -0.4 is 5.43 Å². The summed E-state index contributed by atoms with van der Waals surface area (Å²) in [5.74, 6) is 1.26. The first-order valence-electron chi connectivity index (χ1n) is 6.93. The van der Waals surface area contributed by atoms with Gasteiger partial charge in [0.05, 0.1) is 16.7 Å². The molecular formula is C14H13N7O. The second-order valence-electron chi connectivity index (χ2n) is 5.29. The molecule has 0 fully saturated rings. The molecule has 110 valence electrons. The van der Waals surface area contributed by atoms with E-state index in [4.69, 9.17) is 0 Å². The van der Waals surface area contributed by atoms with Crippen LogP contribution in [-0.2, 0) is 4.79 Å². The predicted molar refractivity (Wildman–Crippen MR) is 79.9 cm³/mol. The Bertz CT molecular complexity index is 878. The van der Waals surface area contributed by atoms with Gasteiger partial charge in [0.15, 0.2) is 11.6 Å². The number of carbonyl (C=O) groups is 1. The lowest BCUT2D eigenvalue weighted by atomic mass is 9.94. The SMILES string of the molecule is CC1CC(=O)NN=C1c1ccc2nc(-c3ncn[nH]3)[nH]c2c1. The van der Waals surface area contributed by atoms with Crippen molar-refractivity contribution in [1.29, 1.82) is 0 Å². The Hall–Kier alpha value is -3.03. The fourth-order valence-electron chi connectivity index (χ4n) is 2.60. The zero-order valence-electron chi connectivity index (χ0n) is 11.8. The van der Waals surface area contributed by atoms with Gasteiger partial charge in [-0.2, -0.15) is 10.2 Å². The van der Waals surface area contributed by atoms with E-state index in [2.05, 4.69) is 35.7 Å². The number of rotatable bonds is 2. The van der Waals surface area contributed by atoms with Gasteiger partial charge in [0.2, 0.25) is 5.91 Å². The van der Waals surface area contributed by atoms with Gasteiger partial charge in [0.25, 0.3) is 0 Å². The quantitative estimate of drug-likeness (QED) is 0.659. The standard InChI is InChI=1S/C14H13N7O/c1-7-4-11(22)19-20-12(7)8-2-3-9-10(5-8)18-14(17-9)13-15-6-16-21-13/h2-3,5-7H,4H2,1H3,(H,17,18)(H,19,22)(H,15,16,21). The Kier molecular flexibility index (Phi) is 2.75. The lowest BCUT2D eigenvalue weighted by Gasteiger charge is -2.18. The fourth-order valence-corrected chi connectivity index (χ4v) is 2.60. The van der Waals surface area contributed by atoms with Crippen LogP contribution in [0.15, 0.2) is 29.6 Å². The summed E-state index contributed by atoms with van der Waals surface area (Å²) in [5, 5.41) is 10.8. The maximum Gasteiger partial charge on any atom is 0.240 e. The van der Waals surface area contributed by atoms with Gasteiger partial charge in [-0.1, -0.05) is 13.0 Å². The van der Waals surface area contributed by atoms with E-state index in [-0.39, 0.29) is 11.8 Å². The molecule has 3 aromatic rings. The first-order valence-corrected chi connectivity index (χ1v) is 6.93. The molecule has 0 saturated heterocycles. The summed E-state index contributed by atoms with van der Waals surface area (Å²) in [6, 6.07) is 5.86. The van der Waals surface area contributed by atoms with Crippen LogP contribution in [0.4, 0.5) is 0 Å². The minimum absolute atomic E-state index is 0.0496. The molecule has 1 aromatic carbocycles. The summed E-state index contributed by atoms with van der Waals surface area (Å²) in [6.07, 6.45) is 1.89. The zero-order chi connectivity index (χ0) is 15.1. The third kappa shape index (κ3) is 2.05. The minimum atomic E-state index is -0.0496. The molecule has 3 N–H and O–H groups in total. The predicted octanol–water partition coefficient (Wildman–Crippen LogP) is 1.21. The van der Waals surface area contributed by atoms with E-state index in [1.54, 1.807) is 0 Å². The number of hydrogen-bond acceptors (Lipinski definition) is 5. The second-order valence-corrected chi connectivity index (χ2v) is 5.29. The number of nitrogens with one attached hydrogen (secondary N) is 3. The molecule has 4 rings (SSSR count). The highest BCUT2D eigenvalue weighted by Crippen LogP contribution is 2.22. The third-order valence-electron chi connectivity index (χ3n) is 3.68. The summed E-state index contributed by atoms with van der Waals surface area (Å²) in [6.45, 7) is 1.99. The summed E-state index contributed by atoms with van der Waals surface area (Å²) >= 11 is 0. The van der Waals surface area contributed by atoms with E-state index in [0.29, 0.717) is 18.1 Å². The molecule has 1 aliphatic heterocycles. The monoisotopic (exact) mass is 295 g/mol. The van der Waals surface area contributed by atoms with E-state index in [1.807, 2.05) is 25.1 Å². The third-order valence-corrected chi connectivity index (χ3v) is 3.68. The molecule has 0 aliphatic carbocycles. The van der Waals surface area contributed by atoms with Crippen LogP contribution in [0, 0.1) is 5.92 Å². The molecular weight excluding hydrogens is 282 g/mol. The average molecular weight is 295 g/mol. The topological polar surface area (TPSA) is 112 Å². The molecule has 1 unspecified atom stereocenters. The van der Waals surface area contributed by atoms with Crippen molar-refractivity contribution < 1.29 is 4.79 Å². The lowest BCUT2D eigenvalue weighted by Crippen LogP contribution is -2.31. The number of amides is 1. The molecule has 1 amide bonds. The Morgan fingerprint density at radius 1 is 1.27 bits per heavy atom. The van der Waals surface area contributed by atoms with Crippen LogP contribution in [0.3, 0.4) is 0 Å². The average Bonchev–Trinajstić information content (AvgIpc) is 3.15. The van der Waals surface area contributed by atoms with Crippen molar-refractivity contribution in [2.75, 3.05) is 0 Å². The molecule has 8 nitrogen and oxygen atoms in total. The highest BCUT2D eigenvalue weighted by Gasteiger charge is 2.22. The number of aromatic nitrogens is 5. The van der Waals surface area contributed by atoms with Gasteiger partial charge in [-0.05, 0) is 12.1 Å². The van der Waals surface area contributed by atoms with Gasteiger partial charge in [-0.15, -0.1) is 0 Å². The van der Waals surface area contributed by atoms with E-state index in [9.17, 15) is 4.79 Å². The van der Waals surface area contributed by atoms with Crippen LogP contribution in [0.2, 0.25) is 0 Å². The molecule has 0 bridgehead atoms. The van der Waals surface area contributed by atoms with Crippen LogP contribution in [0.25, 0.3) is 22.7 Å². The number of aromatic amines is 2. The number of H-pyrrole nitrogens is 2. The molecule has 0 saturated carbocycles. The van der Waals surface area contributed by atoms with Crippen molar-refractivity contribution in [2.45, 2.75) is 13.3 Å². The number of carbonyl (C=O) groups excluding carboxylic acids is 1. The van der Waals surface area contributed by atoms with Gasteiger partial charge in [-0.3, -0.25) is 9.89 Å².